The summed E-state index contributed by atoms with van der Waals surface area (Å²) in [6.07, 6.45) is 3.41. The summed E-state index contributed by atoms with van der Waals surface area (Å²) in [5, 5.41) is 5.18. The Hall–Kier alpha value is -2.35. The molecule has 3 aromatic carbocycles. The maximum Gasteiger partial charge on any atom is 0.217 e. The molecular formula is C22H25NO. The van der Waals surface area contributed by atoms with Crippen molar-refractivity contribution in [3.63, 3.8) is 0 Å². The predicted octanol–water partition coefficient (Wildman–Crippen LogP) is 5.32. The van der Waals surface area contributed by atoms with E-state index < -0.39 is 0 Å². The summed E-state index contributed by atoms with van der Waals surface area (Å²) in [7, 11) is 0. The molecule has 2 N–H and O–H groups in total. The first-order chi connectivity index (χ1) is 11.5. The number of carbonyl (C=O) groups is 1. The molecule has 0 saturated carbocycles. The van der Waals surface area contributed by atoms with Crippen LogP contribution in [0.2, 0.25) is 0 Å². The van der Waals surface area contributed by atoms with Crippen LogP contribution in [0.1, 0.15) is 45.1 Å². The monoisotopic (exact) mass is 319 g/mol. The number of unbranched alkanes of at least 4 members (excludes halogenated alkanes) is 1. The van der Waals surface area contributed by atoms with Crippen LogP contribution in [0.3, 0.4) is 0 Å². The lowest BCUT2D eigenvalue weighted by molar-refractivity contribution is -0.118. The lowest BCUT2D eigenvalue weighted by Gasteiger charge is -2.27. The van der Waals surface area contributed by atoms with Crippen molar-refractivity contribution < 1.29 is 4.79 Å². The highest BCUT2D eigenvalue weighted by molar-refractivity contribution is 5.99. The number of rotatable bonds is 6. The van der Waals surface area contributed by atoms with Crippen LogP contribution in [0.25, 0.3) is 21.5 Å². The number of hydrogen-bond acceptors (Lipinski definition) is 1. The third kappa shape index (κ3) is 3.43. The molecule has 0 spiro atoms. The van der Waals surface area contributed by atoms with Gasteiger partial charge in [-0.25, -0.2) is 0 Å². The summed E-state index contributed by atoms with van der Waals surface area (Å²) < 4.78 is 0. The van der Waals surface area contributed by atoms with E-state index in [4.69, 9.17) is 5.73 Å². The van der Waals surface area contributed by atoms with Gasteiger partial charge in [-0.1, -0.05) is 62.7 Å². The Bertz CT molecular complexity index is 879. The SMILES string of the molecule is CC(C)(CCCCC(N)=O)c1cccc2cc3ccccc3cc12. The standard InChI is InChI=1S/C22H25NO/c1-22(2,13-6-5-12-21(23)24)20-11-7-10-18-14-16-8-3-4-9-17(16)15-19(18)20/h3-4,7-11,14-15H,5-6,12-13H2,1-2H3,(H2,23,24). The van der Waals surface area contributed by atoms with E-state index in [0.29, 0.717) is 6.42 Å². The molecule has 0 bridgehead atoms. The highest BCUT2D eigenvalue weighted by atomic mass is 16.1. The lowest BCUT2D eigenvalue weighted by Crippen LogP contribution is -2.18. The first-order valence-electron chi connectivity index (χ1n) is 8.68. The average molecular weight is 319 g/mol. The molecule has 0 aliphatic rings. The van der Waals surface area contributed by atoms with Crippen molar-refractivity contribution in [1.29, 1.82) is 0 Å². The van der Waals surface area contributed by atoms with Crippen LogP contribution in [0.5, 0.6) is 0 Å². The van der Waals surface area contributed by atoms with Gasteiger partial charge in [-0.3, -0.25) is 4.79 Å². The van der Waals surface area contributed by atoms with Gasteiger partial charge in [0.2, 0.25) is 5.91 Å². The van der Waals surface area contributed by atoms with Gasteiger partial charge >= 0.3 is 0 Å². The molecule has 3 aromatic rings. The fraction of sp³-hybridized carbons (Fsp3) is 0.318. The van der Waals surface area contributed by atoms with Crippen LogP contribution in [-0.4, -0.2) is 5.91 Å². The van der Waals surface area contributed by atoms with Crippen LogP contribution < -0.4 is 5.73 Å². The zero-order valence-electron chi connectivity index (χ0n) is 14.5. The summed E-state index contributed by atoms with van der Waals surface area (Å²) in [6, 6.07) is 19.7. The maximum absolute atomic E-state index is 10.9. The topological polar surface area (TPSA) is 43.1 Å². The third-order valence-corrected chi connectivity index (χ3v) is 4.95. The fourth-order valence-electron chi connectivity index (χ4n) is 3.56. The normalized spacial score (nSPS) is 11.9. The maximum atomic E-state index is 10.9. The van der Waals surface area contributed by atoms with E-state index in [0.717, 1.165) is 19.3 Å². The number of fused-ring (bicyclic) bond motifs is 2. The van der Waals surface area contributed by atoms with E-state index in [9.17, 15) is 4.79 Å². The van der Waals surface area contributed by atoms with Crippen molar-refractivity contribution in [2.75, 3.05) is 0 Å². The Kier molecular flexibility index (Phi) is 4.57. The highest BCUT2D eigenvalue weighted by Crippen LogP contribution is 2.36. The summed E-state index contributed by atoms with van der Waals surface area (Å²) in [4.78, 5) is 10.9. The molecule has 0 heterocycles. The van der Waals surface area contributed by atoms with Crippen LogP contribution in [0.4, 0.5) is 0 Å². The van der Waals surface area contributed by atoms with Gasteiger partial charge in [0.15, 0.2) is 0 Å². The van der Waals surface area contributed by atoms with E-state index in [1.54, 1.807) is 0 Å². The Balaban J connectivity index is 1.95. The molecule has 0 aliphatic carbocycles. The minimum absolute atomic E-state index is 0.0691. The summed E-state index contributed by atoms with van der Waals surface area (Å²) in [6.45, 7) is 4.59. The molecule has 0 fully saturated rings. The third-order valence-electron chi connectivity index (χ3n) is 4.95. The fourth-order valence-corrected chi connectivity index (χ4v) is 3.56. The molecule has 0 atom stereocenters. The molecule has 2 heteroatoms. The molecule has 0 aliphatic heterocycles. The van der Waals surface area contributed by atoms with Crippen LogP contribution in [0.15, 0.2) is 54.6 Å². The first kappa shape index (κ1) is 16.5. The van der Waals surface area contributed by atoms with E-state index >= 15 is 0 Å². The second-order valence-corrected chi connectivity index (χ2v) is 7.28. The van der Waals surface area contributed by atoms with Gasteiger partial charge in [0.05, 0.1) is 0 Å². The van der Waals surface area contributed by atoms with Gasteiger partial charge in [-0.15, -0.1) is 0 Å². The van der Waals surface area contributed by atoms with E-state index in [1.807, 2.05) is 0 Å². The minimum atomic E-state index is -0.204. The highest BCUT2D eigenvalue weighted by Gasteiger charge is 2.22. The second kappa shape index (κ2) is 6.64. The molecule has 0 saturated heterocycles. The minimum Gasteiger partial charge on any atom is -0.370 e. The van der Waals surface area contributed by atoms with Crippen LogP contribution in [-0.2, 0) is 10.2 Å². The van der Waals surface area contributed by atoms with Crippen molar-refractivity contribution in [2.45, 2.75) is 44.9 Å². The number of primary amides is 1. The summed E-state index contributed by atoms with van der Waals surface area (Å²) in [5.41, 5.74) is 6.69. The first-order valence-corrected chi connectivity index (χ1v) is 8.68. The molecule has 0 unspecified atom stereocenters. The van der Waals surface area contributed by atoms with Gasteiger partial charge in [-0.05, 0) is 57.5 Å². The predicted molar refractivity (Wildman–Crippen MR) is 102 cm³/mol. The van der Waals surface area contributed by atoms with Gasteiger partial charge in [0.25, 0.3) is 0 Å². The molecule has 0 aromatic heterocycles. The molecule has 124 valence electrons. The number of hydrogen-bond donors (Lipinski definition) is 1. The Morgan fingerprint density at radius 1 is 0.917 bits per heavy atom. The average Bonchev–Trinajstić information content (AvgIpc) is 2.56. The Morgan fingerprint density at radius 2 is 1.58 bits per heavy atom. The zero-order valence-corrected chi connectivity index (χ0v) is 14.5. The lowest BCUT2D eigenvalue weighted by atomic mass is 9.77. The molecule has 24 heavy (non-hydrogen) atoms. The molecule has 0 radical (unpaired) electrons. The van der Waals surface area contributed by atoms with Gasteiger partial charge < -0.3 is 5.73 Å². The molecular weight excluding hydrogens is 294 g/mol. The largest absolute Gasteiger partial charge is 0.370 e. The van der Waals surface area contributed by atoms with Gasteiger partial charge in [-0.2, -0.15) is 0 Å². The van der Waals surface area contributed by atoms with Crippen molar-refractivity contribution in [3.8, 4) is 0 Å². The van der Waals surface area contributed by atoms with Crippen molar-refractivity contribution >= 4 is 27.5 Å². The second-order valence-electron chi connectivity index (χ2n) is 7.28. The zero-order chi connectivity index (χ0) is 17.2. The smallest absolute Gasteiger partial charge is 0.217 e. The molecule has 3 rings (SSSR count). The molecule has 1 amide bonds. The molecule has 2 nitrogen and oxygen atoms in total. The van der Waals surface area contributed by atoms with E-state index in [1.165, 1.54) is 27.1 Å². The van der Waals surface area contributed by atoms with Gasteiger partial charge in [0, 0.05) is 6.42 Å². The van der Waals surface area contributed by atoms with Crippen LogP contribution in [0, 0.1) is 0 Å². The van der Waals surface area contributed by atoms with E-state index in [2.05, 4.69) is 68.4 Å². The summed E-state index contributed by atoms with van der Waals surface area (Å²) in [5.74, 6) is -0.204. The van der Waals surface area contributed by atoms with Crippen molar-refractivity contribution in [1.82, 2.24) is 0 Å². The van der Waals surface area contributed by atoms with Crippen molar-refractivity contribution in [3.05, 3.63) is 60.2 Å². The van der Waals surface area contributed by atoms with E-state index in [-0.39, 0.29) is 11.3 Å². The van der Waals surface area contributed by atoms with Crippen molar-refractivity contribution in [2.24, 2.45) is 5.73 Å². The number of nitrogens with two attached hydrogens (primary N) is 1. The number of amides is 1. The number of carbonyl (C=O) groups excluding carboxylic acids is 1. The Morgan fingerprint density at radius 3 is 2.29 bits per heavy atom. The van der Waals surface area contributed by atoms with Gasteiger partial charge in [0.1, 0.15) is 0 Å². The number of benzene rings is 3. The quantitative estimate of drug-likeness (QED) is 0.485. The summed E-state index contributed by atoms with van der Waals surface area (Å²) >= 11 is 0. The Labute approximate surface area is 143 Å². The van der Waals surface area contributed by atoms with Crippen LogP contribution >= 0.6 is 0 Å².